The van der Waals surface area contributed by atoms with Gasteiger partial charge in [0, 0.05) is 36.7 Å². The third kappa shape index (κ3) is 5.16. The summed E-state index contributed by atoms with van der Waals surface area (Å²) in [6.07, 6.45) is 1.09. The van der Waals surface area contributed by atoms with Crippen molar-refractivity contribution in [3.8, 4) is 0 Å². The minimum absolute atomic E-state index is 0.0442. The van der Waals surface area contributed by atoms with Crippen LogP contribution in [0.2, 0.25) is 0 Å². The molecule has 1 amide bonds. The molecule has 2 aromatic carbocycles. The molecule has 1 unspecified atom stereocenters. The summed E-state index contributed by atoms with van der Waals surface area (Å²) in [6.45, 7) is 6.27. The lowest BCUT2D eigenvalue weighted by molar-refractivity contribution is 0.0827. The van der Waals surface area contributed by atoms with Crippen molar-refractivity contribution >= 4 is 21.8 Å². The Balaban J connectivity index is 2.23. The molecule has 0 N–H and O–H groups in total. The minimum Gasteiger partial charge on any atom is -0.345 e. The van der Waals surface area contributed by atoms with Gasteiger partial charge in [-0.05, 0) is 49.2 Å². The fourth-order valence-corrected chi connectivity index (χ4v) is 3.62. The molecular weight excluding hydrogens is 376 g/mol. The van der Waals surface area contributed by atoms with Gasteiger partial charge in [0.1, 0.15) is 0 Å². The van der Waals surface area contributed by atoms with Crippen molar-refractivity contribution in [1.29, 1.82) is 0 Å². The summed E-state index contributed by atoms with van der Waals surface area (Å²) in [6, 6.07) is 16.6. The van der Waals surface area contributed by atoms with Crippen molar-refractivity contribution in [2.45, 2.75) is 32.9 Å². The van der Waals surface area contributed by atoms with Crippen LogP contribution in [-0.4, -0.2) is 36.3 Å². The zero-order valence-electron chi connectivity index (χ0n) is 15.5. The maximum Gasteiger partial charge on any atom is 0.253 e. The molecule has 0 fully saturated rings. The molecule has 0 saturated carbocycles. The molecule has 1 atom stereocenters. The first-order chi connectivity index (χ1) is 11.9. The van der Waals surface area contributed by atoms with Gasteiger partial charge in [0.25, 0.3) is 5.91 Å². The second kappa shape index (κ2) is 9.16. The molecule has 25 heavy (non-hydrogen) atoms. The molecule has 3 nitrogen and oxygen atoms in total. The van der Waals surface area contributed by atoms with Crippen molar-refractivity contribution in [2.24, 2.45) is 0 Å². The number of carbonyl (C=O) groups is 1. The van der Waals surface area contributed by atoms with Crippen LogP contribution in [0.25, 0.3) is 0 Å². The predicted molar refractivity (Wildman–Crippen MR) is 108 cm³/mol. The molecule has 0 aromatic heterocycles. The fourth-order valence-electron chi connectivity index (χ4n) is 3.00. The van der Waals surface area contributed by atoms with Crippen LogP contribution in [0, 0.1) is 0 Å². The van der Waals surface area contributed by atoms with Gasteiger partial charge in [-0.25, -0.2) is 0 Å². The van der Waals surface area contributed by atoms with Crippen LogP contribution in [0.5, 0.6) is 0 Å². The number of nitrogens with zero attached hydrogens (tertiary/aromatic N) is 2. The molecule has 0 bridgehead atoms. The average molecular weight is 403 g/mol. The Labute approximate surface area is 159 Å². The normalized spacial score (nSPS) is 12.2. The van der Waals surface area contributed by atoms with E-state index < -0.39 is 0 Å². The second-order valence-corrected chi connectivity index (χ2v) is 7.42. The lowest BCUT2D eigenvalue weighted by atomic mass is 10.0. The Hall–Kier alpha value is -1.65. The van der Waals surface area contributed by atoms with E-state index in [1.54, 1.807) is 19.0 Å². The Kier molecular flexibility index (Phi) is 7.21. The van der Waals surface area contributed by atoms with Gasteiger partial charge < -0.3 is 4.90 Å². The van der Waals surface area contributed by atoms with Gasteiger partial charge in [-0.2, -0.15) is 0 Å². The van der Waals surface area contributed by atoms with Gasteiger partial charge in [-0.15, -0.1) is 0 Å². The van der Waals surface area contributed by atoms with Gasteiger partial charge in [0.05, 0.1) is 0 Å². The maximum atomic E-state index is 12.2. The van der Waals surface area contributed by atoms with Crippen LogP contribution < -0.4 is 0 Å². The first-order valence-corrected chi connectivity index (χ1v) is 9.52. The number of hydrogen-bond donors (Lipinski definition) is 0. The number of amides is 1. The van der Waals surface area contributed by atoms with Gasteiger partial charge in [0.15, 0.2) is 0 Å². The summed E-state index contributed by atoms with van der Waals surface area (Å²) in [5, 5.41) is 0. The van der Waals surface area contributed by atoms with Gasteiger partial charge in [-0.3, -0.25) is 9.69 Å². The van der Waals surface area contributed by atoms with Crippen LogP contribution in [-0.2, 0) is 6.54 Å². The van der Waals surface area contributed by atoms with Crippen molar-refractivity contribution in [2.75, 3.05) is 20.6 Å². The van der Waals surface area contributed by atoms with Crippen molar-refractivity contribution in [1.82, 2.24) is 9.80 Å². The molecule has 0 saturated heterocycles. The molecule has 2 aromatic rings. The summed E-state index contributed by atoms with van der Waals surface area (Å²) in [4.78, 5) is 16.3. The van der Waals surface area contributed by atoms with E-state index in [2.05, 4.69) is 58.9 Å². The van der Waals surface area contributed by atoms with Gasteiger partial charge >= 0.3 is 0 Å². The molecule has 134 valence electrons. The summed E-state index contributed by atoms with van der Waals surface area (Å²) in [5.41, 5.74) is 3.20. The molecule has 0 aliphatic rings. The van der Waals surface area contributed by atoms with Crippen molar-refractivity contribution in [3.63, 3.8) is 0 Å². The van der Waals surface area contributed by atoms with E-state index in [1.165, 1.54) is 11.1 Å². The molecular formula is C21H27BrN2O. The quantitative estimate of drug-likeness (QED) is 0.640. The highest BCUT2D eigenvalue weighted by molar-refractivity contribution is 9.10. The summed E-state index contributed by atoms with van der Waals surface area (Å²) >= 11 is 3.67. The van der Waals surface area contributed by atoms with Crippen LogP contribution >= 0.6 is 15.9 Å². The molecule has 0 aliphatic carbocycles. The first-order valence-electron chi connectivity index (χ1n) is 8.73. The molecule has 2 rings (SSSR count). The summed E-state index contributed by atoms with van der Waals surface area (Å²) in [7, 11) is 3.57. The second-order valence-electron chi connectivity index (χ2n) is 6.57. The first kappa shape index (κ1) is 19.7. The number of benzene rings is 2. The minimum atomic E-state index is 0.0442. The Morgan fingerprint density at radius 3 is 2.48 bits per heavy atom. The van der Waals surface area contributed by atoms with E-state index in [9.17, 15) is 4.79 Å². The van der Waals surface area contributed by atoms with E-state index in [1.807, 2.05) is 24.3 Å². The van der Waals surface area contributed by atoms with Crippen LogP contribution in [0.15, 0.2) is 53.0 Å². The number of hydrogen-bond acceptors (Lipinski definition) is 2. The average Bonchev–Trinajstić information content (AvgIpc) is 2.60. The highest BCUT2D eigenvalue weighted by Crippen LogP contribution is 2.29. The fraction of sp³-hybridized carbons (Fsp3) is 0.381. The van der Waals surface area contributed by atoms with E-state index in [-0.39, 0.29) is 5.91 Å². The zero-order valence-corrected chi connectivity index (χ0v) is 17.1. The van der Waals surface area contributed by atoms with Crippen LogP contribution in [0.3, 0.4) is 0 Å². The SMILES string of the molecule is CCCN(Cc1cccc(C(=O)N(C)C)c1)C(C)c1ccccc1Br. The summed E-state index contributed by atoms with van der Waals surface area (Å²) in [5.74, 6) is 0.0442. The Morgan fingerprint density at radius 2 is 1.84 bits per heavy atom. The van der Waals surface area contributed by atoms with Crippen LogP contribution in [0.4, 0.5) is 0 Å². The maximum absolute atomic E-state index is 12.2. The molecule has 0 spiro atoms. The highest BCUT2D eigenvalue weighted by atomic mass is 79.9. The van der Waals surface area contributed by atoms with E-state index in [0.29, 0.717) is 6.04 Å². The third-order valence-electron chi connectivity index (χ3n) is 4.38. The highest BCUT2D eigenvalue weighted by Gasteiger charge is 2.18. The van der Waals surface area contributed by atoms with E-state index in [0.717, 1.165) is 29.5 Å². The monoisotopic (exact) mass is 402 g/mol. The van der Waals surface area contributed by atoms with Crippen molar-refractivity contribution < 1.29 is 4.79 Å². The molecule has 0 heterocycles. The Bertz CT molecular complexity index is 715. The number of carbonyl (C=O) groups excluding carboxylic acids is 1. The molecule has 0 aliphatic heterocycles. The molecule has 0 radical (unpaired) electrons. The van der Waals surface area contributed by atoms with Crippen molar-refractivity contribution in [3.05, 3.63) is 69.7 Å². The Morgan fingerprint density at radius 1 is 1.12 bits per heavy atom. The zero-order chi connectivity index (χ0) is 18.4. The number of halogens is 1. The predicted octanol–water partition coefficient (Wildman–Crippen LogP) is 5.12. The molecule has 4 heteroatoms. The lowest BCUT2D eigenvalue weighted by Crippen LogP contribution is -2.28. The summed E-state index contributed by atoms with van der Waals surface area (Å²) < 4.78 is 1.14. The standard InChI is InChI=1S/C21H27BrN2O/c1-5-13-24(16(2)19-11-6-7-12-20(19)22)15-17-9-8-10-18(14-17)21(25)23(3)4/h6-12,14,16H,5,13,15H2,1-4H3. The largest absolute Gasteiger partial charge is 0.345 e. The topological polar surface area (TPSA) is 23.6 Å². The van der Waals surface area contributed by atoms with Gasteiger partial charge in [0.2, 0.25) is 0 Å². The van der Waals surface area contributed by atoms with Gasteiger partial charge in [-0.1, -0.05) is 53.2 Å². The van der Waals surface area contributed by atoms with E-state index in [4.69, 9.17) is 0 Å². The van der Waals surface area contributed by atoms with Crippen LogP contribution in [0.1, 0.15) is 47.8 Å². The van der Waals surface area contributed by atoms with E-state index >= 15 is 0 Å². The third-order valence-corrected chi connectivity index (χ3v) is 5.10. The number of rotatable bonds is 7. The smallest absolute Gasteiger partial charge is 0.253 e. The lowest BCUT2D eigenvalue weighted by Gasteiger charge is -2.30.